The topological polar surface area (TPSA) is 58.9 Å². The molecule has 2 saturated heterocycles. The highest BCUT2D eigenvalue weighted by atomic mass is 16.6. The van der Waals surface area contributed by atoms with Crippen molar-refractivity contribution in [3.8, 4) is 0 Å². The summed E-state index contributed by atoms with van der Waals surface area (Å²) < 4.78 is 5.39. The third kappa shape index (κ3) is 3.33. The smallest absolute Gasteiger partial charge is 0.269 e. The molecule has 6 nitrogen and oxygen atoms in total. The van der Waals surface area contributed by atoms with Gasteiger partial charge in [-0.05, 0) is 25.0 Å². The number of hydrogen-bond donors (Lipinski definition) is 0. The molecule has 21 heavy (non-hydrogen) atoms. The highest BCUT2D eigenvalue weighted by Crippen LogP contribution is 2.27. The quantitative estimate of drug-likeness (QED) is 0.626. The van der Waals surface area contributed by atoms with Crippen molar-refractivity contribution in [2.24, 2.45) is 0 Å². The Morgan fingerprint density at radius 3 is 2.57 bits per heavy atom. The van der Waals surface area contributed by atoms with Gasteiger partial charge in [-0.1, -0.05) is 0 Å². The van der Waals surface area contributed by atoms with Crippen LogP contribution in [-0.2, 0) is 4.74 Å². The van der Waals surface area contributed by atoms with E-state index in [1.54, 1.807) is 12.1 Å². The number of non-ortho nitro benzene ring substituents is 1. The number of anilines is 1. The predicted octanol–water partition coefficient (Wildman–Crippen LogP) is 1.90. The molecule has 0 radical (unpaired) electrons. The lowest BCUT2D eigenvalue weighted by Gasteiger charge is -2.34. The molecule has 0 aromatic heterocycles. The van der Waals surface area contributed by atoms with E-state index in [0.29, 0.717) is 6.04 Å². The largest absolute Gasteiger partial charge is 0.379 e. The number of morpholine rings is 1. The molecule has 6 heteroatoms. The van der Waals surface area contributed by atoms with Crippen molar-refractivity contribution in [3.05, 3.63) is 34.4 Å². The Morgan fingerprint density at radius 2 is 1.90 bits per heavy atom. The normalized spacial score (nSPS) is 23.4. The third-order valence-electron chi connectivity index (χ3n) is 4.34. The molecular weight excluding hydrogens is 270 g/mol. The second-order valence-electron chi connectivity index (χ2n) is 5.68. The molecule has 0 aliphatic carbocycles. The van der Waals surface area contributed by atoms with Gasteiger partial charge < -0.3 is 9.64 Å². The lowest BCUT2D eigenvalue weighted by atomic mass is 10.2. The van der Waals surface area contributed by atoms with Gasteiger partial charge in [0, 0.05) is 50.0 Å². The van der Waals surface area contributed by atoms with E-state index in [9.17, 15) is 10.1 Å². The molecule has 1 atom stereocenters. The van der Waals surface area contributed by atoms with Crippen molar-refractivity contribution >= 4 is 11.4 Å². The van der Waals surface area contributed by atoms with E-state index < -0.39 is 0 Å². The number of benzene rings is 1. The zero-order chi connectivity index (χ0) is 14.7. The number of nitrogens with zero attached hydrogens (tertiary/aromatic N) is 3. The fraction of sp³-hybridized carbons (Fsp3) is 0.600. The first kappa shape index (κ1) is 14.3. The second kappa shape index (κ2) is 6.41. The fourth-order valence-electron chi connectivity index (χ4n) is 3.21. The lowest BCUT2D eigenvalue weighted by molar-refractivity contribution is -0.384. The number of ether oxygens (including phenoxy) is 1. The number of nitro groups is 1. The lowest BCUT2D eigenvalue weighted by Crippen LogP contribution is -2.45. The summed E-state index contributed by atoms with van der Waals surface area (Å²) >= 11 is 0. The maximum Gasteiger partial charge on any atom is 0.269 e. The van der Waals surface area contributed by atoms with Gasteiger partial charge in [-0.25, -0.2) is 0 Å². The molecule has 2 fully saturated rings. The molecule has 2 aliphatic rings. The van der Waals surface area contributed by atoms with Gasteiger partial charge in [0.2, 0.25) is 0 Å². The van der Waals surface area contributed by atoms with E-state index >= 15 is 0 Å². The third-order valence-corrected chi connectivity index (χ3v) is 4.34. The Morgan fingerprint density at radius 1 is 1.19 bits per heavy atom. The molecule has 3 rings (SSSR count). The molecule has 0 spiro atoms. The van der Waals surface area contributed by atoms with Crippen LogP contribution in [0, 0.1) is 10.1 Å². The van der Waals surface area contributed by atoms with E-state index in [2.05, 4.69) is 9.80 Å². The molecule has 2 aliphatic heterocycles. The van der Waals surface area contributed by atoms with Crippen molar-refractivity contribution in [2.75, 3.05) is 44.3 Å². The molecular formula is C15H21N3O3. The van der Waals surface area contributed by atoms with Crippen molar-refractivity contribution < 1.29 is 9.66 Å². The maximum atomic E-state index is 10.7. The molecule has 114 valence electrons. The van der Waals surface area contributed by atoms with E-state index in [1.807, 2.05) is 12.1 Å². The zero-order valence-electron chi connectivity index (χ0n) is 12.1. The second-order valence-corrected chi connectivity index (χ2v) is 5.68. The summed E-state index contributed by atoms with van der Waals surface area (Å²) in [6.45, 7) is 5.75. The van der Waals surface area contributed by atoms with Crippen molar-refractivity contribution in [1.29, 1.82) is 0 Å². The van der Waals surface area contributed by atoms with Gasteiger partial charge in [-0.2, -0.15) is 0 Å². The van der Waals surface area contributed by atoms with Crippen LogP contribution < -0.4 is 4.90 Å². The highest BCUT2D eigenvalue weighted by molar-refractivity contribution is 5.52. The monoisotopic (exact) mass is 291 g/mol. The van der Waals surface area contributed by atoms with Crippen LogP contribution in [-0.4, -0.2) is 55.3 Å². The van der Waals surface area contributed by atoms with Crippen LogP contribution in [0.3, 0.4) is 0 Å². The molecule has 0 amide bonds. The minimum Gasteiger partial charge on any atom is -0.379 e. The first-order valence-corrected chi connectivity index (χ1v) is 7.55. The Hall–Kier alpha value is -1.66. The van der Waals surface area contributed by atoms with Gasteiger partial charge >= 0.3 is 0 Å². The summed E-state index contributed by atoms with van der Waals surface area (Å²) in [6.07, 6.45) is 2.38. The minimum atomic E-state index is -0.348. The van der Waals surface area contributed by atoms with Crippen molar-refractivity contribution in [3.63, 3.8) is 0 Å². The summed E-state index contributed by atoms with van der Waals surface area (Å²) in [7, 11) is 0. The first-order valence-electron chi connectivity index (χ1n) is 7.55. The highest BCUT2D eigenvalue weighted by Gasteiger charge is 2.27. The van der Waals surface area contributed by atoms with Gasteiger partial charge in [0.25, 0.3) is 5.69 Å². The predicted molar refractivity (Wildman–Crippen MR) is 80.7 cm³/mol. The van der Waals surface area contributed by atoms with Crippen molar-refractivity contribution in [2.45, 2.75) is 18.9 Å². The zero-order valence-corrected chi connectivity index (χ0v) is 12.1. The Kier molecular flexibility index (Phi) is 4.36. The molecule has 0 N–H and O–H groups in total. The summed E-state index contributed by atoms with van der Waals surface area (Å²) in [5.74, 6) is 0. The van der Waals surface area contributed by atoms with E-state index in [1.165, 1.54) is 12.8 Å². The summed E-state index contributed by atoms with van der Waals surface area (Å²) in [5.41, 5.74) is 1.25. The standard InChI is InChI=1S/C15H21N3O3/c19-18(20)14-5-3-13(4-6-14)17-7-1-2-15(17)12-16-8-10-21-11-9-16/h3-6,15H,1-2,7-12H2/t15-/m1/s1. The van der Waals surface area contributed by atoms with Crippen LogP contribution >= 0.6 is 0 Å². The molecule has 0 bridgehead atoms. The number of nitro benzene ring substituents is 1. The molecule has 0 saturated carbocycles. The fourth-order valence-corrected chi connectivity index (χ4v) is 3.21. The summed E-state index contributed by atoms with van der Waals surface area (Å²) in [5, 5.41) is 10.7. The Balaban J connectivity index is 1.66. The number of hydrogen-bond acceptors (Lipinski definition) is 5. The van der Waals surface area contributed by atoms with E-state index in [4.69, 9.17) is 4.74 Å². The van der Waals surface area contributed by atoms with E-state index in [-0.39, 0.29) is 10.6 Å². The van der Waals surface area contributed by atoms with Crippen LogP contribution in [0.4, 0.5) is 11.4 Å². The Bertz CT molecular complexity index is 485. The van der Waals surface area contributed by atoms with Crippen LogP contribution in [0.5, 0.6) is 0 Å². The average molecular weight is 291 g/mol. The first-order chi connectivity index (χ1) is 10.2. The van der Waals surface area contributed by atoms with Gasteiger partial charge in [-0.15, -0.1) is 0 Å². The van der Waals surface area contributed by atoms with Crippen LogP contribution in [0.25, 0.3) is 0 Å². The minimum absolute atomic E-state index is 0.155. The molecule has 2 heterocycles. The van der Waals surface area contributed by atoms with Crippen LogP contribution in [0.2, 0.25) is 0 Å². The molecule has 1 aromatic carbocycles. The average Bonchev–Trinajstić information content (AvgIpc) is 2.96. The summed E-state index contributed by atoms with van der Waals surface area (Å²) in [6, 6.07) is 7.44. The van der Waals surface area contributed by atoms with Crippen molar-refractivity contribution in [1.82, 2.24) is 4.90 Å². The van der Waals surface area contributed by atoms with Gasteiger partial charge in [0.15, 0.2) is 0 Å². The number of rotatable bonds is 4. The SMILES string of the molecule is O=[N+]([O-])c1ccc(N2CCC[C@@H]2CN2CCOCC2)cc1. The van der Waals surface area contributed by atoms with Crippen LogP contribution in [0.1, 0.15) is 12.8 Å². The van der Waals surface area contributed by atoms with Gasteiger partial charge in [0.05, 0.1) is 18.1 Å². The van der Waals surface area contributed by atoms with Gasteiger partial charge in [0.1, 0.15) is 0 Å². The Labute approximate surface area is 124 Å². The van der Waals surface area contributed by atoms with Gasteiger partial charge in [-0.3, -0.25) is 15.0 Å². The molecule has 1 aromatic rings. The van der Waals surface area contributed by atoms with E-state index in [0.717, 1.165) is 45.1 Å². The summed E-state index contributed by atoms with van der Waals surface area (Å²) in [4.78, 5) is 15.2. The maximum absolute atomic E-state index is 10.7. The van der Waals surface area contributed by atoms with Crippen LogP contribution in [0.15, 0.2) is 24.3 Å². The molecule has 0 unspecified atom stereocenters.